The summed E-state index contributed by atoms with van der Waals surface area (Å²) in [7, 11) is 0. The molecule has 2 rings (SSSR count). The maximum absolute atomic E-state index is 13.1. The van der Waals surface area contributed by atoms with Gasteiger partial charge in [0.25, 0.3) is 0 Å². The van der Waals surface area contributed by atoms with Crippen LogP contribution < -0.4 is 11.1 Å². The van der Waals surface area contributed by atoms with Crippen LogP contribution in [0.2, 0.25) is 0 Å². The molecule has 100 valence electrons. The largest absolute Gasteiger partial charge is 0.397 e. The molecule has 0 heterocycles. The predicted molar refractivity (Wildman–Crippen MR) is 78.7 cm³/mol. The molecule has 0 saturated carbocycles. The highest BCUT2D eigenvalue weighted by Gasteiger charge is 2.02. The Hall–Kier alpha value is -2.03. The van der Waals surface area contributed by atoms with Crippen molar-refractivity contribution in [3.05, 3.63) is 59.4 Å². The number of anilines is 2. The van der Waals surface area contributed by atoms with Gasteiger partial charge in [-0.3, -0.25) is 0 Å². The maximum Gasteiger partial charge on any atom is 0.125 e. The standard InChI is InChI=1S/C16H19FN2/c1-11(2)13-5-3-12(4-6-13)10-19-16-9-14(17)7-8-15(16)18/h3-9,11,19H,10,18H2,1-2H3. The summed E-state index contributed by atoms with van der Waals surface area (Å²) in [5.74, 6) is 0.243. The van der Waals surface area contributed by atoms with Gasteiger partial charge < -0.3 is 11.1 Å². The van der Waals surface area contributed by atoms with Crippen molar-refractivity contribution in [1.82, 2.24) is 0 Å². The van der Waals surface area contributed by atoms with Gasteiger partial charge in [0.15, 0.2) is 0 Å². The average Bonchev–Trinajstić information content (AvgIpc) is 2.40. The van der Waals surface area contributed by atoms with E-state index in [0.717, 1.165) is 5.56 Å². The van der Waals surface area contributed by atoms with Gasteiger partial charge in [-0.15, -0.1) is 0 Å². The van der Waals surface area contributed by atoms with E-state index in [0.29, 0.717) is 23.8 Å². The minimum atomic E-state index is -0.285. The van der Waals surface area contributed by atoms with Gasteiger partial charge in [-0.1, -0.05) is 38.1 Å². The van der Waals surface area contributed by atoms with E-state index in [1.54, 1.807) is 6.07 Å². The molecular formula is C16H19FN2. The highest BCUT2D eigenvalue weighted by Crippen LogP contribution is 2.20. The molecule has 0 bridgehead atoms. The van der Waals surface area contributed by atoms with Gasteiger partial charge in [-0.25, -0.2) is 4.39 Å². The number of hydrogen-bond acceptors (Lipinski definition) is 2. The fourth-order valence-electron chi connectivity index (χ4n) is 1.90. The summed E-state index contributed by atoms with van der Waals surface area (Å²) >= 11 is 0. The van der Waals surface area contributed by atoms with Gasteiger partial charge in [0.1, 0.15) is 5.82 Å². The van der Waals surface area contributed by atoms with Crippen molar-refractivity contribution in [3.8, 4) is 0 Å². The first kappa shape index (κ1) is 13.4. The minimum absolute atomic E-state index is 0.285. The second kappa shape index (κ2) is 5.74. The fourth-order valence-corrected chi connectivity index (χ4v) is 1.90. The lowest BCUT2D eigenvalue weighted by Crippen LogP contribution is -2.03. The zero-order valence-corrected chi connectivity index (χ0v) is 11.3. The van der Waals surface area contributed by atoms with E-state index in [1.807, 2.05) is 0 Å². The zero-order valence-electron chi connectivity index (χ0n) is 11.3. The summed E-state index contributed by atoms with van der Waals surface area (Å²) in [6.07, 6.45) is 0. The summed E-state index contributed by atoms with van der Waals surface area (Å²) in [5.41, 5.74) is 9.44. The second-order valence-electron chi connectivity index (χ2n) is 4.98. The van der Waals surface area contributed by atoms with Gasteiger partial charge in [0.05, 0.1) is 11.4 Å². The smallest absolute Gasteiger partial charge is 0.125 e. The first-order valence-corrected chi connectivity index (χ1v) is 6.44. The normalized spacial score (nSPS) is 10.7. The quantitative estimate of drug-likeness (QED) is 0.809. The molecule has 3 heteroatoms. The van der Waals surface area contributed by atoms with Crippen LogP contribution in [-0.2, 0) is 6.54 Å². The minimum Gasteiger partial charge on any atom is -0.397 e. The van der Waals surface area contributed by atoms with E-state index in [2.05, 4.69) is 43.4 Å². The van der Waals surface area contributed by atoms with Crippen LogP contribution in [0.3, 0.4) is 0 Å². The molecule has 0 saturated heterocycles. The van der Waals surface area contributed by atoms with Crippen molar-refractivity contribution in [1.29, 1.82) is 0 Å². The molecule has 0 aliphatic rings. The van der Waals surface area contributed by atoms with Gasteiger partial charge >= 0.3 is 0 Å². The molecule has 3 N–H and O–H groups in total. The second-order valence-corrected chi connectivity index (χ2v) is 4.98. The molecular weight excluding hydrogens is 239 g/mol. The molecule has 0 radical (unpaired) electrons. The predicted octanol–water partition coefficient (Wildman–Crippen LogP) is 4.14. The Morgan fingerprint density at radius 1 is 1.11 bits per heavy atom. The Morgan fingerprint density at radius 3 is 2.42 bits per heavy atom. The number of nitrogen functional groups attached to an aromatic ring is 1. The van der Waals surface area contributed by atoms with Crippen LogP contribution in [0.1, 0.15) is 30.9 Å². The van der Waals surface area contributed by atoms with Crippen LogP contribution in [0.25, 0.3) is 0 Å². The van der Waals surface area contributed by atoms with E-state index in [1.165, 1.54) is 17.7 Å². The molecule has 2 aromatic rings. The van der Waals surface area contributed by atoms with Crippen LogP contribution in [0.4, 0.5) is 15.8 Å². The first-order valence-electron chi connectivity index (χ1n) is 6.44. The van der Waals surface area contributed by atoms with Gasteiger partial charge in [0, 0.05) is 6.54 Å². The van der Waals surface area contributed by atoms with Crippen LogP contribution in [0.15, 0.2) is 42.5 Å². The monoisotopic (exact) mass is 258 g/mol. The van der Waals surface area contributed by atoms with Crippen LogP contribution in [-0.4, -0.2) is 0 Å². The summed E-state index contributed by atoms with van der Waals surface area (Å²) in [5, 5.41) is 3.15. The number of halogens is 1. The van der Waals surface area contributed by atoms with Gasteiger partial charge in [-0.05, 0) is 35.2 Å². The number of nitrogens with one attached hydrogen (secondary N) is 1. The van der Waals surface area contributed by atoms with Crippen LogP contribution in [0.5, 0.6) is 0 Å². The molecule has 0 amide bonds. The van der Waals surface area contributed by atoms with Crippen molar-refractivity contribution in [2.75, 3.05) is 11.1 Å². The van der Waals surface area contributed by atoms with Crippen molar-refractivity contribution in [2.24, 2.45) is 0 Å². The van der Waals surface area contributed by atoms with E-state index in [-0.39, 0.29) is 5.82 Å². The molecule has 0 spiro atoms. The van der Waals surface area contributed by atoms with E-state index < -0.39 is 0 Å². The highest BCUT2D eigenvalue weighted by molar-refractivity contribution is 5.65. The lowest BCUT2D eigenvalue weighted by Gasteiger charge is -2.11. The lowest BCUT2D eigenvalue weighted by molar-refractivity contribution is 0.628. The average molecular weight is 258 g/mol. The first-order chi connectivity index (χ1) is 9.06. The number of benzene rings is 2. The topological polar surface area (TPSA) is 38.0 Å². The van der Waals surface area contributed by atoms with Gasteiger partial charge in [0.2, 0.25) is 0 Å². The third kappa shape index (κ3) is 3.47. The molecule has 0 unspecified atom stereocenters. The fraction of sp³-hybridized carbons (Fsp3) is 0.250. The van der Waals surface area contributed by atoms with E-state index in [4.69, 9.17) is 5.73 Å². The van der Waals surface area contributed by atoms with Gasteiger partial charge in [-0.2, -0.15) is 0 Å². The molecule has 0 fully saturated rings. The van der Waals surface area contributed by atoms with E-state index in [9.17, 15) is 4.39 Å². The lowest BCUT2D eigenvalue weighted by atomic mass is 10.0. The maximum atomic E-state index is 13.1. The van der Waals surface area contributed by atoms with Crippen molar-refractivity contribution < 1.29 is 4.39 Å². The van der Waals surface area contributed by atoms with Crippen molar-refractivity contribution in [2.45, 2.75) is 26.3 Å². The number of nitrogens with two attached hydrogens (primary N) is 1. The van der Waals surface area contributed by atoms with E-state index >= 15 is 0 Å². The molecule has 0 aromatic heterocycles. The molecule has 0 atom stereocenters. The third-order valence-electron chi connectivity index (χ3n) is 3.14. The van der Waals surface area contributed by atoms with Crippen molar-refractivity contribution >= 4 is 11.4 Å². The molecule has 19 heavy (non-hydrogen) atoms. The molecule has 0 aliphatic carbocycles. The Balaban J connectivity index is 2.04. The Kier molecular flexibility index (Phi) is 4.05. The number of hydrogen-bond donors (Lipinski definition) is 2. The third-order valence-corrected chi connectivity index (χ3v) is 3.14. The Labute approximate surface area is 113 Å². The SMILES string of the molecule is CC(C)c1ccc(CNc2cc(F)ccc2N)cc1. The summed E-state index contributed by atoms with van der Waals surface area (Å²) in [6.45, 7) is 4.97. The molecule has 2 nitrogen and oxygen atoms in total. The Morgan fingerprint density at radius 2 is 1.79 bits per heavy atom. The van der Waals surface area contributed by atoms with Crippen LogP contribution in [0, 0.1) is 5.82 Å². The molecule has 0 aliphatic heterocycles. The number of rotatable bonds is 4. The highest BCUT2D eigenvalue weighted by atomic mass is 19.1. The summed E-state index contributed by atoms with van der Waals surface area (Å²) in [4.78, 5) is 0. The van der Waals surface area contributed by atoms with Crippen molar-refractivity contribution in [3.63, 3.8) is 0 Å². The zero-order chi connectivity index (χ0) is 13.8. The summed E-state index contributed by atoms with van der Waals surface area (Å²) in [6, 6.07) is 12.7. The van der Waals surface area contributed by atoms with Crippen LogP contribution >= 0.6 is 0 Å². The summed E-state index contributed by atoms with van der Waals surface area (Å²) < 4.78 is 13.1. The Bertz CT molecular complexity index is 547. The molecule has 2 aromatic carbocycles.